The van der Waals surface area contributed by atoms with E-state index in [4.69, 9.17) is 21.2 Å². The second-order valence-electron chi connectivity index (χ2n) is 8.74. The van der Waals surface area contributed by atoms with Gasteiger partial charge in [-0.05, 0) is 38.0 Å². The number of fused-ring (bicyclic) bond motifs is 1. The number of nitrogens with two attached hydrogens (primary N) is 2. The van der Waals surface area contributed by atoms with E-state index in [2.05, 4.69) is 4.90 Å². The van der Waals surface area contributed by atoms with Crippen LogP contribution in [-0.2, 0) is 4.74 Å². The minimum Gasteiger partial charge on any atom is -0.444 e. The third kappa shape index (κ3) is 4.34. The molecule has 0 bridgehead atoms. The summed E-state index contributed by atoms with van der Waals surface area (Å²) in [5.74, 6) is 0.217. The number of primary amides is 1. The highest BCUT2D eigenvalue weighted by atomic mass is 32.1. The first kappa shape index (κ1) is 21.9. The van der Waals surface area contributed by atoms with Crippen LogP contribution in [0, 0.1) is 0 Å². The van der Waals surface area contributed by atoms with E-state index in [0.29, 0.717) is 41.6 Å². The van der Waals surface area contributed by atoms with Gasteiger partial charge in [-0.1, -0.05) is 30.3 Å². The van der Waals surface area contributed by atoms with Gasteiger partial charge in [0.05, 0.1) is 5.69 Å². The molecule has 2 amide bonds. The SMILES string of the molecule is CC(C)(C)OC(=O)N1CCN(c2cc(-c3ccccc3)c3c(N)c(C(N)=O)sc3n2)CC1. The summed E-state index contributed by atoms with van der Waals surface area (Å²) in [6.45, 7) is 7.89. The summed E-state index contributed by atoms with van der Waals surface area (Å²) in [7, 11) is 0. The molecule has 3 heterocycles. The lowest BCUT2D eigenvalue weighted by molar-refractivity contribution is 0.0240. The number of hydrogen-bond acceptors (Lipinski definition) is 7. The van der Waals surface area contributed by atoms with Gasteiger partial charge in [-0.2, -0.15) is 0 Å². The maximum atomic E-state index is 12.4. The minimum absolute atomic E-state index is 0.303. The van der Waals surface area contributed by atoms with Crippen molar-refractivity contribution in [1.82, 2.24) is 9.88 Å². The van der Waals surface area contributed by atoms with E-state index in [9.17, 15) is 9.59 Å². The molecule has 0 atom stereocenters. The molecule has 1 aromatic carbocycles. The van der Waals surface area contributed by atoms with E-state index in [0.717, 1.165) is 22.3 Å². The van der Waals surface area contributed by atoms with Gasteiger partial charge in [-0.3, -0.25) is 4.79 Å². The number of amides is 2. The molecule has 0 saturated carbocycles. The molecule has 1 aliphatic rings. The number of anilines is 2. The van der Waals surface area contributed by atoms with Gasteiger partial charge < -0.3 is 26.0 Å². The van der Waals surface area contributed by atoms with E-state index >= 15 is 0 Å². The first-order valence-electron chi connectivity index (χ1n) is 10.4. The maximum absolute atomic E-state index is 12.4. The Morgan fingerprint density at radius 2 is 1.75 bits per heavy atom. The molecule has 2 aromatic heterocycles. The fourth-order valence-corrected chi connectivity index (χ4v) is 4.71. The molecule has 4 rings (SSSR count). The van der Waals surface area contributed by atoms with Crippen molar-refractivity contribution < 1.29 is 14.3 Å². The Kier molecular flexibility index (Phi) is 5.68. The molecule has 4 N–H and O–H groups in total. The average Bonchev–Trinajstić information content (AvgIpc) is 3.09. The molecule has 0 radical (unpaired) electrons. The van der Waals surface area contributed by atoms with Crippen LogP contribution in [0.5, 0.6) is 0 Å². The van der Waals surface area contributed by atoms with Crippen LogP contribution in [0.1, 0.15) is 30.4 Å². The van der Waals surface area contributed by atoms with E-state index in [-0.39, 0.29) is 6.09 Å². The van der Waals surface area contributed by atoms with Gasteiger partial charge in [0.15, 0.2) is 0 Å². The summed E-state index contributed by atoms with van der Waals surface area (Å²) < 4.78 is 5.49. The third-order valence-corrected chi connectivity index (χ3v) is 6.36. The molecule has 0 spiro atoms. The van der Waals surface area contributed by atoms with Gasteiger partial charge >= 0.3 is 6.09 Å². The van der Waals surface area contributed by atoms with Crippen molar-refractivity contribution >= 4 is 45.1 Å². The summed E-state index contributed by atoms with van der Waals surface area (Å²) in [5.41, 5.74) is 13.6. The molecule has 1 fully saturated rings. The predicted molar refractivity (Wildman–Crippen MR) is 128 cm³/mol. The quantitative estimate of drug-likeness (QED) is 0.625. The number of thiophene rings is 1. The van der Waals surface area contributed by atoms with Gasteiger partial charge in [-0.15, -0.1) is 11.3 Å². The largest absolute Gasteiger partial charge is 0.444 e. The number of piperazine rings is 1. The van der Waals surface area contributed by atoms with Gasteiger partial charge in [0.2, 0.25) is 0 Å². The number of aromatic nitrogens is 1. The van der Waals surface area contributed by atoms with Crippen LogP contribution >= 0.6 is 11.3 Å². The van der Waals surface area contributed by atoms with Crippen molar-refractivity contribution in [2.24, 2.45) is 5.73 Å². The van der Waals surface area contributed by atoms with Crippen LogP contribution in [-0.4, -0.2) is 53.7 Å². The van der Waals surface area contributed by atoms with Crippen LogP contribution in [0.2, 0.25) is 0 Å². The van der Waals surface area contributed by atoms with Crippen molar-refractivity contribution in [1.29, 1.82) is 0 Å². The molecular formula is C23H27N5O3S. The van der Waals surface area contributed by atoms with Crippen molar-refractivity contribution in [3.05, 3.63) is 41.3 Å². The van der Waals surface area contributed by atoms with Crippen LogP contribution in [0.3, 0.4) is 0 Å². The van der Waals surface area contributed by atoms with Gasteiger partial charge in [0, 0.05) is 31.6 Å². The summed E-state index contributed by atoms with van der Waals surface area (Å²) in [4.78, 5) is 33.9. The van der Waals surface area contributed by atoms with Crippen LogP contribution in [0.4, 0.5) is 16.3 Å². The third-order valence-electron chi connectivity index (χ3n) is 5.25. The Labute approximate surface area is 190 Å². The standard InChI is InChI=1S/C23H27N5O3S/c1-23(2,3)31-22(30)28-11-9-27(10-12-28)16-13-15(14-7-5-4-6-8-14)17-18(24)19(20(25)29)32-21(17)26-16/h4-8,13H,9-12,24H2,1-3H3,(H2,25,29). The van der Waals surface area contributed by atoms with E-state index in [1.54, 1.807) is 4.90 Å². The molecule has 0 aliphatic carbocycles. The monoisotopic (exact) mass is 453 g/mol. The summed E-state index contributed by atoms with van der Waals surface area (Å²) >= 11 is 1.21. The molecule has 3 aromatic rings. The molecule has 9 heteroatoms. The highest BCUT2D eigenvalue weighted by Gasteiger charge is 2.27. The van der Waals surface area contributed by atoms with E-state index < -0.39 is 11.5 Å². The number of hydrogen-bond donors (Lipinski definition) is 2. The molecule has 32 heavy (non-hydrogen) atoms. The Bertz CT molecular complexity index is 1160. The first-order valence-corrected chi connectivity index (χ1v) is 11.3. The fraction of sp³-hybridized carbons (Fsp3) is 0.348. The molecular weight excluding hydrogens is 426 g/mol. The second-order valence-corrected chi connectivity index (χ2v) is 9.74. The number of nitrogen functional groups attached to an aromatic ring is 1. The lowest BCUT2D eigenvalue weighted by atomic mass is 10.0. The lowest BCUT2D eigenvalue weighted by Crippen LogP contribution is -2.50. The zero-order valence-electron chi connectivity index (χ0n) is 18.4. The van der Waals surface area contributed by atoms with Gasteiger partial charge in [0.1, 0.15) is 21.1 Å². The number of ether oxygens (including phenoxy) is 1. The first-order chi connectivity index (χ1) is 15.1. The lowest BCUT2D eigenvalue weighted by Gasteiger charge is -2.36. The van der Waals surface area contributed by atoms with Crippen molar-refractivity contribution in [3.8, 4) is 11.1 Å². The molecule has 1 aliphatic heterocycles. The Morgan fingerprint density at radius 1 is 1.09 bits per heavy atom. The highest BCUT2D eigenvalue weighted by Crippen LogP contribution is 2.41. The Morgan fingerprint density at radius 3 is 2.34 bits per heavy atom. The number of nitrogens with zero attached hydrogens (tertiary/aromatic N) is 3. The number of carbonyl (C=O) groups is 2. The number of rotatable bonds is 3. The second kappa shape index (κ2) is 8.31. The zero-order valence-corrected chi connectivity index (χ0v) is 19.2. The van der Waals surface area contributed by atoms with Crippen molar-refractivity contribution in [2.45, 2.75) is 26.4 Å². The molecule has 168 valence electrons. The van der Waals surface area contributed by atoms with E-state index in [1.807, 2.05) is 57.2 Å². The van der Waals surface area contributed by atoms with Crippen molar-refractivity contribution in [3.63, 3.8) is 0 Å². The Balaban J connectivity index is 1.67. The highest BCUT2D eigenvalue weighted by molar-refractivity contribution is 7.21. The molecule has 0 unspecified atom stereocenters. The topological polar surface area (TPSA) is 115 Å². The smallest absolute Gasteiger partial charge is 0.410 e. The number of pyridine rings is 1. The Hall–Kier alpha value is -3.33. The van der Waals surface area contributed by atoms with Crippen LogP contribution in [0.25, 0.3) is 21.3 Å². The summed E-state index contributed by atoms with van der Waals surface area (Å²) in [6.07, 6.45) is -0.303. The average molecular weight is 454 g/mol. The maximum Gasteiger partial charge on any atom is 0.410 e. The summed E-state index contributed by atoms with van der Waals surface area (Å²) in [5, 5.41) is 0.742. The van der Waals surface area contributed by atoms with Gasteiger partial charge in [-0.25, -0.2) is 9.78 Å². The fourth-order valence-electron chi connectivity index (χ4n) is 3.74. The zero-order chi connectivity index (χ0) is 23.0. The number of benzene rings is 1. The normalized spacial score (nSPS) is 14.6. The molecule has 8 nitrogen and oxygen atoms in total. The van der Waals surface area contributed by atoms with Gasteiger partial charge in [0.25, 0.3) is 5.91 Å². The van der Waals surface area contributed by atoms with Crippen LogP contribution in [0.15, 0.2) is 36.4 Å². The van der Waals surface area contributed by atoms with Crippen LogP contribution < -0.4 is 16.4 Å². The predicted octanol–water partition coefficient (Wildman–Crippen LogP) is 3.70. The molecule has 1 saturated heterocycles. The van der Waals surface area contributed by atoms with E-state index in [1.165, 1.54) is 11.3 Å². The minimum atomic E-state index is -0.558. The summed E-state index contributed by atoms with van der Waals surface area (Å²) in [6, 6.07) is 11.9. The number of carbonyl (C=O) groups excluding carboxylic acids is 2. The van der Waals surface area contributed by atoms with Crippen molar-refractivity contribution in [2.75, 3.05) is 36.8 Å².